The number of nitrogens with one attached hydrogen (secondary N) is 2. The molecule has 1 saturated heterocycles. The number of aromatic amines is 1. The van der Waals surface area contributed by atoms with Crippen molar-refractivity contribution in [1.29, 1.82) is 0 Å². The number of benzene rings is 2. The molecule has 1 aliphatic rings. The second-order valence-electron chi connectivity index (χ2n) is 5.90. The molecule has 0 atom stereocenters. The molecule has 3 aromatic rings. The number of anilines is 1. The van der Waals surface area contributed by atoms with E-state index in [1.165, 1.54) is 0 Å². The van der Waals surface area contributed by atoms with Crippen LogP contribution >= 0.6 is 11.6 Å². The first-order valence-electron chi connectivity index (χ1n) is 8.01. The normalized spacial score (nSPS) is 15.6. The summed E-state index contributed by atoms with van der Waals surface area (Å²) in [7, 11) is -3.73. The average Bonchev–Trinajstić information content (AvgIpc) is 3.10. The minimum atomic E-state index is -3.73. The fraction of sp³-hybridized carbons (Fsp3) is 0.235. The highest BCUT2D eigenvalue weighted by Gasteiger charge is 2.26. The predicted molar refractivity (Wildman–Crippen MR) is 98.1 cm³/mol. The van der Waals surface area contributed by atoms with Crippen molar-refractivity contribution < 1.29 is 8.42 Å². The van der Waals surface area contributed by atoms with Gasteiger partial charge in [-0.1, -0.05) is 29.8 Å². The highest BCUT2D eigenvalue weighted by molar-refractivity contribution is 7.91. The van der Waals surface area contributed by atoms with Gasteiger partial charge in [0.2, 0.25) is 9.84 Å². The summed E-state index contributed by atoms with van der Waals surface area (Å²) in [6.45, 7) is 3.43. The zero-order valence-electron chi connectivity index (χ0n) is 13.4. The van der Waals surface area contributed by atoms with Crippen LogP contribution in [0.1, 0.15) is 0 Å². The molecular formula is C17H17ClN4O2S. The summed E-state index contributed by atoms with van der Waals surface area (Å²) in [5.74, 6) is 0. The molecule has 6 nitrogen and oxygen atoms in total. The van der Waals surface area contributed by atoms with Crippen LogP contribution in [0.15, 0.2) is 52.4 Å². The summed E-state index contributed by atoms with van der Waals surface area (Å²) in [4.78, 5) is 2.40. The van der Waals surface area contributed by atoms with Crippen LogP contribution in [0.5, 0.6) is 0 Å². The number of fused-ring (bicyclic) bond motifs is 1. The predicted octanol–water partition coefficient (Wildman–Crippen LogP) is 2.46. The monoisotopic (exact) mass is 376 g/mol. The molecule has 0 unspecified atom stereocenters. The Kier molecular flexibility index (Phi) is 4.15. The number of piperazine rings is 1. The Morgan fingerprint density at radius 2 is 1.76 bits per heavy atom. The zero-order valence-corrected chi connectivity index (χ0v) is 14.9. The maximum atomic E-state index is 13.0. The number of hydrogen-bond acceptors (Lipinski definition) is 5. The number of sulfone groups is 1. The second kappa shape index (κ2) is 6.33. The van der Waals surface area contributed by atoms with Crippen molar-refractivity contribution >= 4 is 38.0 Å². The average molecular weight is 377 g/mol. The van der Waals surface area contributed by atoms with Gasteiger partial charge in [-0.05, 0) is 24.3 Å². The van der Waals surface area contributed by atoms with Gasteiger partial charge in [-0.15, -0.1) is 0 Å². The van der Waals surface area contributed by atoms with Gasteiger partial charge in [0.1, 0.15) is 5.52 Å². The lowest BCUT2D eigenvalue weighted by molar-refractivity contribution is 0.590. The quantitative estimate of drug-likeness (QED) is 0.734. The molecule has 25 heavy (non-hydrogen) atoms. The molecule has 2 aromatic carbocycles. The molecule has 0 aliphatic carbocycles. The van der Waals surface area contributed by atoms with Gasteiger partial charge in [-0.25, -0.2) is 8.42 Å². The third-order valence-corrected chi connectivity index (χ3v) is 6.42. The number of hydrogen-bond donors (Lipinski definition) is 2. The second-order valence-corrected chi connectivity index (χ2v) is 8.19. The van der Waals surface area contributed by atoms with Crippen molar-refractivity contribution in [3.05, 3.63) is 47.5 Å². The van der Waals surface area contributed by atoms with Gasteiger partial charge in [0.05, 0.1) is 21.0 Å². The Bertz CT molecular complexity index is 1010. The van der Waals surface area contributed by atoms with E-state index in [2.05, 4.69) is 20.4 Å². The van der Waals surface area contributed by atoms with Crippen molar-refractivity contribution in [2.45, 2.75) is 9.92 Å². The Labute approximate surface area is 150 Å². The first-order valence-corrected chi connectivity index (χ1v) is 9.87. The van der Waals surface area contributed by atoms with Gasteiger partial charge in [-0.2, -0.15) is 5.10 Å². The van der Waals surface area contributed by atoms with E-state index in [0.717, 1.165) is 31.9 Å². The number of rotatable bonds is 3. The van der Waals surface area contributed by atoms with Crippen molar-refractivity contribution in [2.24, 2.45) is 0 Å². The lowest BCUT2D eigenvalue weighted by Gasteiger charge is -2.29. The van der Waals surface area contributed by atoms with Crippen LogP contribution < -0.4 is 10.2 Å². The third-order valence-electron chi connectivity index (χ3n) is 4.38. The van der Waals surface area contributed by atoms with Crippen LogP contribution in [-0.4, -0.2) is 44.8 Å². The van der Waals surface area contributed by atoms with Gasteiger partial charge in [0.25, 0.3) is 0 Å². The van der Waals surface area contributed by atoms with Gasteiger partial charge >= 0.3 is 0 Å². The fourth-order valence-corrected chi connectivity index (χ4v) is 4.82. The molecular weight excluding hydrogens is 360 g/mol. The Morgan fingerprint density at radius 1 is 1.04 bits per heavy atom. The van der Waals surface area contributed by atoms with Gasteiger partial charge in [0.15, 0.2) is 5.03 Å². The minimum Gasteiger partial charge on any atom is -0.367 e. The van der Waals surface area contributed by atoms with Crippen LogP contribution in [0, 0.1) is 0 Å². The zero-order chi connectivity index (χ0) is 17.4. The molecule has 1 aliphatic heterocycles. The van der Waals surface area contributed by atoms with E-state index in [-0.39, 0.29) is 9.92 Å². The van der Waals surface area contributed by atoms with Gasteiger partial charge in [0, 0.05) is 26.2 Å². The highest BCUT2D eigenvalue weighted by Crippen LogP contribution is 2.36. The van der Waals surface area contributed by atoms with Crippen molar-refractivity contribution in [3.8, 4) is 0 Å². The molecule has 0 amide bonds. The smallest absolute Gasteiger partial charge is 0.223 e. The largest absolute Gasteiger partial charge is 0.367 e. The molecule has 2 heterocycles. The summed E-state index contributed by atoms with van der Waals surface area (Å²) in [5, 5.41) is 11.2. The summed E-state index contributed by atoms with van der Waals surface area (Å²) in [6.07, 6.45) is 0. The SMILES string of the molecule is O=S(=O)(c1ccccc1)c1[nH]nc2c(N3CCNCC3)ccc(Cl)c12. The highest BCUT2D eigenvalue weighted by atomic mass is 35.5. The van der Waals surface area contributed by atoms with Crippen molar-refractivity contribution in [1.82, 2.24) is 15.5 Å². The molecule has 1 fully saturated rings. The van der Waals surface area contributed by atoms with Gasteiger partial charge in [-0.3, -0.25) is 5.10 Å². The van der Waals surface area contributed by atoms with Crippen molar-refractivity contribution in [2.75, 3.05) is 31.1 Å². The summed E-state index contributed by atoms with van der Waals surface area (Å²) < 4.78 is 26.0. The molecule has 0 saturated carbocycles. The molecule has 2 N–H and O–H groups in total. The maximum Gasteiger partial charge on any atom is 0.223 e. The van der Waals surface area contributed by atoms with Crippen LogP contribution in [0.2, 0.25) is 5.02 Å². The first-order chi connectivity index (χ1) is 12.1. The Balaban J connectivity index is 1.90. The summed E-state index contributed by atoms with van der Waals surface area (Å²) in [5.41, 5.74) is 1.48. The number of aromatic nitrogens is 2. The van der Waals surface area contributed by atoms with Crippen LogP contribution in [0.3, 0.4) is 0 Å². The lowest BCUT2D eigenvalue weighted by atomic mass is 10.2. The van der Waals surface area contributed by atoms with Gasteiger partial charge < -0.3 is 10.2 Å². The molecule has 0 radical (unpaired) electrons. The van der Waals surface area contributed by atoms with E-state index in [9.17, 15) is 8.42 Å². The summed E-state index contributed by atoms with van der Waals surface area (Å²) >= 11 is 6.35. The van der Waals surface area contributed by atoms with Crippen LogP contribution in [-0.2, 0) is 9.84 Å². The van der Waals surface area contributed by atoms with Crippen LogP contribution in [0.4, 0.5) is 5.69 Å². The minimum absolute atomic E-state index is 0.0377. The molecule has 1 aromatic heterocycles. The van der Waals surface area contributed by atoms with E-state index < -0.39 is 9.84 Å². The number of nitrogens with zero attached hydrogens (tertiary/aromatic N) is 2. The standard InChI is InChI=1S/C17H17ClN4O2S/c18-13-6-7-14(22-10-8-19-9-11-22)16-15(13)17(21-20-16)25(23,24)12-4-2-1-3-5-12/h1-7,19H,8-11H2,(H,20,21). The Hall–Kier alpha value is -2.09. The topological polar surface area (TPSA) is 78.1 Å². The number of H-pyrrole nitrogens is 1. The molecule has 0 spiro atoms. The number of halogens is 1. The fourth-order valence-electron chi connectivity index (χ4n) is 3.12. The third kappa shape index (κ3) is 2.78. The molecule has 8 heteroatoms. The van der Waals surface area contributed by atoms with E-state index in [4.69, 9.17) is 11.6 Å². The maximum absolute atomic E-state index is 13.0. The lowest BCUT2D eigenvalue weighted by Crippen LogP contribution is -2.43. The molecule has 4 rings (SSSR count). The van der Waals surface area contributed by atoms with E-state index >= 15 is 0 Å². The first kappa shape index (κ1) is 16.4. The Morgan fingerprint density at radius 3 is 2.48 bits per heavy atom. The van der Waals surface area contributed by atoms with E-state index in [1.54, 1.807) is 36.4 Å². The van der Waals surface area contributed by atoms with E-state index in [1.807, 2.05) is 6.07 Å². The molecule has 130 valence electrons. The van der Waals surface area contributed by atoms with E-state index in [0.29, 0.717) is 15.9 Å². The summed E-state index contributed by atoms with van der Waals surface area (Å²) in [6, 6.07) is 11.9. The molecule has 0 bridgehead atoms. The van der Waals surface area contributed by atoms with Crippen LogP contribution in [0.25, 0.3) is 10.9 Å². The van der Waals surface area contributed by atoms with Crippen molar-refractivity contribution in [3.63, 3.8) is 0 Å².